The first-order valence-electron chi connectivity index (χ1n) is 8.98. The molecule has 2 aromatic heterocycles. The van der Waals surface area contributed by atoms with Crippen LogP contribution in [0.15, 0.2) is 18.2 Å². The lowest BCUT2D eigenvalue weighted by Crippen LogP contribution is -2.33. The first-order valence-corrected chi connectivity index (χ1v) is 8.98. The third-order valence-electron chi connectivity index (χ3n) is 4.82. The molecule has 0 unspecified atom stereocenters. The second-order valence-corrected chi connectivity index (χ2v) is 7.35. The van der Waals surface area contributed by atoms with Crippen LogP contribution in [0.4, 0.5) is 0 Å². The number of hydrogen-bond acceptors (Lipinski definition) is 3. The maximum absolute atomic E-state index is 12.3. The van der Waals surface area contributed by atoms with E-state index in [0.29, 0.717) is 18.2 Å². The van der Waals surface area contributed by atoms with Crippen LogP contribution in [-0.4, -0.2) is 58.8 Å². The summed E-state index contributed by atoms with van der Waals surface area (Å²) in [4.78, 5) is 35.4. The van der Waals surface area contributed by atoms with Crippen LogP contribution in [0.3, 0.4) is 0 Å². The molecule has 26 heavy (non-hydrogen) atoms. The third kappa shape index (κ3) is 3.36. The van der Waals surface area contributed by atoms with Crippen molar-refractivity contribution in [3.05, 3.63) is 35.2 Å². The highest BCUT2D eigenvalue weighted by Crippen LogP contribution is 2.30. The fraction of sp³-hybridized carbons (Fsp3) is 0.450. The molecule has 6 heteroatoms. The second-order valence-electron chi connectivity index (χ2n) is 7.35. The molecule has 0 saturated carbocycles. The minimum absolute atomic E-state index is 0.0705. The van der Waals surface area contributed by atoms with Gasteiger partial charge in [0.15, 0.2) is 0 Å². The van der Waals surface area contributed by atoms with Crippen molar-refractivity contribution in [2.24, 2.45) is 0 Å². The van der Waals surface area contributed by atoms with E-state index in [1.165, 1.54) is 0 Å². The van der Waals surface area contributed by atoms with Crippen LogP contribution >= 0.6 is 0 Å². The number of H-pyrrole nitrogens is 1. The normalized spacial score (nSPS) is 14.7. The molecule has 0 fully saturated rings. The van der Waals surface area contributed by atoms with E-state index < -0.39 is 0 Å². The molecule has 0 saturated heterocycles. The fourth-order valence-electron chi connectivity index (χ4n) is 3.33. The lowest BCUT2D eigenvalue weighted by atomic mass is 9.97. The van der Waals surface area contributed by atoms with Gasteiger partial charge < -0.3 is 14.8 Å². The van der Waals surface area contributed by atoms with Gasteiger partial charge in [-0.1, -0.05) is 19.9 Å². The van der Waals surface area contributed by atoms with Crippen LogP contribution in [0.5, 0.6) is 0 Å². The molecule has 0 atom stereocenters. The maximum atomic E-state index is 12.3. The number of nitrogens with one attached hydrogen (secondary N) is 1. The Balaban J connectivity index is 2.09. The molecule has 6 nitrogen and oxygen atoms in total. The van der Waals surface area contributed by atoms with Crippen molar-refractivity contribution in [1.29, 1.82) is 0 Å². The van der Waals surface area contributed by atoms with Gasteiger partial charge in [-0.25, -0.2) is 4.98 Å². The predicted octanol–water partition coefficient (Wildman–Crippen LogP) is 3.02. The number of rotatable bonds is 3. The Labute approximate surface area is 153 Å². The average molecular weight is 354 g/mol. The number of pyridine rings is 1. The number of fused-ring (bicyclic) bond motifs is 1. The van der Waals surface area contributed by atoms with Gasteiger partial charge in [-0.2, -0.15) is 0 Å². The number of carbonyl (C=O) groups is 2. The second kappa shape index (κ2) is 6.94. The summed E-state index contributed by atoms with van der Waals surface area (Å²) in [7, 11) is 3.47. The Morgan fingerprint density at radius 3 is 2.62 bits per heavy atom. The standard InChI is InChI=1S/C20H26N4O2/c1-12(2)15-9-17(14-7-6-8-24(11-14)13(3)25)21-19-16(15)10-18(22-19)20(26)23(4)5/h7,9-10,12H,6,8,11H2,1-5H3,(H,21,22). The molecular weight excluding hydrogens is 328 g/mol. The SMILES string of the molecule is CC(=O)N1CCC=C(c2cc(C(C)C)c3cc(C(=O)N(C)C)[nH]c3n2)C1. The monoisotopic (exact) mass is 354 g/mol. The summed E-state index contributed by atoms with van der Waals surface area (Å²) in [5.41, 5.74) is 4.35. The van der Waals surface area contributed by atoms with Gasteiger partial charge in [0.25, 0.3) is 5.91 Å². The van der Waals surface area contributed by atoms with Gasteiger partial charge in [-0.15, -0.1) is 0 Å². The van der Waals surface area contributed by atoms with Crippen molar-refractivity contribution < 1.29 is 9.59 Å². The van der Waals surface area contributed by atoms with Gasteiger partial charge in [0.2, 0.25) is 5.91 Å². The van der Waals surface area contributed by atoms with Crippen molar-refractivity contribution in [2.75, 3.05) is 27.2 Å². The minimum Gasteiger partial charge on any atom is -0.344 e. The third-order valence-corrected chi connectivity index (χ3v) is 4.82. The first kappa shape index (κ1) is 18.2. The summed E-state index contributed by atoms with van der Waals surface area (Å²) < 4.78 is 0. The van der Waals surface area contributed by atoms with E-state index in [1.807, 2.05) is 11.0 Å². The number of aromatic amines is 1. The largest absolute Gasteiger partial charge is 0.344 e. The van der Waals surface area contributed by atoms with Gasteiger partial charge >= 0.3 is 0 Å². The molecule has 138 valence electrons. The molecule has 0 radical (unpaired) electrons. The smallest absolute Gasteiger partial charge is 0.269 e. The average Bonchev–Trinajstić information content (AvgIpc) is 3.03. The Bertz CT molecular complexity index is 893. The molecule has 0 aliphatic carbocycles. The van der Waals surface area contributed by atoms with E-state index in [9.17, 15) is 9.59 Å². The molecule has 3 heterocycles. The summed E-state index contributed by atoms with van der Waals surface area (Å²) in [6.45, 7) is 7.20. The molecule has 3 rings (SSSR count). The molecule has 1 aliphatic rings. The number of carbonyl (C=O) groups excluding carboxylic acids is 2. The summed E-state index contributed by atoms with van der Waals surface area (Å²) in [6.07, 6.45) is 2.99. The topological polar surface area (TPSA) is 69.3 Å². The van der Waals surface area contributed by atoms with Gasteiger partial charge in [-0.05, 0) is 35.6 Å². The Kier molecular flexibility index (Phi) is 4.85. The Morgan fingerprint density at radius 1 is 1.27 bits per heavy atom. The zero-order chi connectivity index (χ0) is 19.0. The Morgan fingerprint density at radius 2 is 2.00 bits per heavy atom. The van der Waals surface area contributed by atoms with E-state index in [2.05, 4.69) is 31.0 Å². The van der Waals surface area contributed by atoms with E-state index in [1.54, 1.807) is 25.9 Å². The van der Waals surface area contributed by atoms with Crippen LogP contribution in [0, 0.1) is 0 Å². The highest BCUT2D eigenvalue weighted by molar-refractivity contribution is 5.98. The zero-order valence-electron chi connectivity index (χ0n) is 16.1. The van der Waals surface area contributed by atoms with Gasteiger partial charge in [-0.3, -0.25) is 9.59 Å². The molecular formula is C20H26N4O2. The predicted molar refractivity (Wildman–Crippen MR) is 103 cm³/mol. The van der Waals surface area contributed by atoms with E-state index >= 15 is 0 Å². The molecule has 1 aliphatic heterocycles. The van der Waals surface area contributed by atoms with Crippen molar-refractivity contribution in [1.82, 2.24) is 19.8 Å². The minimum atomic E-state index is -0.0705. The first-order chi connectivity index (χ1) is 12.3. The van der Waals surface area contributed by atoms with Crippen LogP contribution < -0.4 is 0 Å². The summed E-state index contributed by atoms with van der Waals surface area (Å²) in [5.74, 6) is 0.309. The zero-order valence-corrected chi connectivity index (χ0v) is 16.1. The van der Waals surface area contributed by atoms with E-state index in [4.69, 9.17) is 4.98 Å². The fourth-order valence-corrected chi connectivity index (χ4v) is 3.33. The molecule has 2 aromatic rings. The highest BCUT2D eigenvalue weighted by atomic mass is 16.2. The summed E-state index contributed by atoms with van der Waals surface area (Å²) >= 11 is 0. The van der Waals surface area contributed by atoms with Crippen LogP contribution in [0.2, 0.25) is 0 Å². The lowest BCUT2D eigenvalue weighted by Gasteiger charge is -2.26. The van der Waals surface area contributed by atoms with Crippen LogP contribution in [0.1, 0.15) is 54.9 Å². The van der Waals surface area contributed by atoms with Crippen molar-refractivity contribution in [3.8, 4) is 0 Å². The number of hydrogen-bond donors (Lipinski definition) is 1. The van der Waals surface area contributed by atoms with Gasteiger partial charge in [0.05, 0.1) is 5.69 Å². The molecule has 0 spiro atoms. The van der Waals surface area contributed by atoms with Gasteiger partial charge in [0.1, 0.15) is 11.3 Å². The van der Waals surface area contributed by atoms with Crippen molar-refractivity contribution in [2.45, 2.75) is 33.1 Å². The highest BCUT2D eigenvalue weighted by Gasteiger charge is 2.21. The summed E-state index contributed by atoms with van der Waals surface area (Å²) in [5, 5.41) is 0.980. The van der Waals surface area contributed by atoms with Crippen molar-refractivity contribution >= 4 is 28.4 Å². The quantitative estimate of drug-likeness (QED) is 0.921. The van der Waals surface area contributed by atoms with E-state index in [-0.39, 0.29) is 11.8 Å². The number of nitrogens with zero attached hydrogens (tertiary/aromatic N) is 3. The van der Waals surface area contributed by atoms with Crippen LogP contribution in [0.25, 0.3) is 16.6 Å². The lowest BCUT2D eigenvalue weighted by molar-refractivity contribution is -0.128. The van der Waals surface area contributed by atoms with Crippen molar-refractivity contribution in [3.63, 3.8) is 0 Å². The van der Waals surface area contributed by atoms with Gasteiger partial charge in [0, 0.05) is 39.5 Å². The van der Waals surface area contributed by atoms with Crippen LogP contribution in [-0.2, 0) is 4.79 Å². The molecule has 2 amide bonds. The number of amides is 2. The molecule has 0 aromatic carbocycles. The molecule has 0 bridgehead atoms. The van der Waals surface area contributed by atoms with E-state index in [0.717, 1.165) is 40.8 Å². The molecule has 1 N–H and O–H groups in total. The Hall–Kier alpha value is -2.63. The number of aromatic nitrogens is 2. The maximum Gasteiger partial charge on any atom is 0.269 e. The summed E-state index contributed by atoms with van der Waals surface area (Å²) in [6, 6.07) is 3.99.